The molecule has 0 heterocycles. The van der Waals surface area contributed by atoms with Crippen LogP contribution in [0.3, 0.4) is 0 Å². The molecule has 0 aromatic rings. The zero-order valence-corrected chi connectivity index (χ0v) is 16.2. The summed E-state index contributed by atoms with van der Waals surface area (Å²) in [6, 6.07) is 0. The monoisotopic (exact) mass is 352 g/mol. The second-order valence-corrected chi connectivity index (χ2v) is 4.53. The molecule has 12 heteroatoms. The molecule has 0 aliphatic heterocycles. The molecule has 0 bridgehead atoms. The van der Waals surface area contributed by atoms with Crippen molar-refractivity contribution in [2.24, 2.45) is 11.5 Å². The van der Waals surface area contributed by atoms with Crippen LogP contribution in [0.4, 0.5) is 0 Å². The van der Waals surface area contributed by atoms with Crippen LogP contribution in [0.5, 0.6) is 0 Å². The van der Waals surface area contributed by atoms with Crippen LogP contribution in [0.2, 0.25) is 0 Å². The van der Waals surface area contributed by atoms with Crippen molar-refractivity contribution < 1.29 is 69.2 Å². The summed E-state index contributed by atoms with van der Waals surface area (Å²) in [5, 5.41) is 40.7. The summed E-state index contributed by atoms with van der Waals surface area (Å²) in [5.74, 6) is -7.01. The minimum absolute atomic E-state index is 0. The van der Waals surface area contributed by atoms with Crippen LogP contribution in [0.1, 0.15) is 25.7 Å². The fraction of sp³-hybridized carbons (Fsp3) is 0.600. The van der Waals surface area contributed by atoms with Crippen molar-refractivity contribution in [3.63, 3.8) is 0 Å². The summed E-state index contributed by atoms with van der Waals surface area (Å²) >= 11 is 0. The van der Waals surface area contributed by atoms with Crippen molar-refractivity contribution in [2.75, 3.05) is 0 Å². The normalized spacial score (nSPS) is 13.0. The molecule has 0 aliphatic carbocycles. The van der Waals surface area contributed by atoms with Crippen molar-refractivity contribution in [1.29, 1.82) is 0 Å². The van der Waals surface area contributed by atoms with E-state index in [0.29, 0.717) is 0 Å². The summed E-state index contributed by atoms with van der Waals surface area (Å²) in [5.41, 5.74) is 6.37. The van der Waals surface area contributed by atoms with Crippen molar-refractivity contribution in [3.8, 4) is 0 Å². The Hall–Kier alpha value is 0.0597. The number of carbonyl (C=O) groups excluding carboxylic acids is 3. The van der Waals surface area contributed by atoms with Gasteiger partial charge in [0.25, 0.3) is 0 Å². The van der Waals surface area contributed by atoms with Gasteiger partial charge in [-0.15, -0.1) is 0 Å². The predicted octanol–water partition coefficient (Wildman–Crippen LogP) is -9.10. The van der Waals surface area contributed by atoms with Crippen LogP contribution in [0.15, 0.2) is 0 Å². The van der Waals surface area contributed by atoms with Gasteiger partial charge in [0.05, 0.1) is 12.0 Å². The molecule has 22 heavy (non-hydrogen) atoms. The number of rotatable bonds is 9. The number of carbonyl (C=O) groups is 4. The molecule has 0 saturated heterocycles. The second kappa shape index (κ2) is 10.8. The van der Waals surface area contributed by atoms with Crippen molar-refractivity contribution >= 4 is 61.6 Å². The van der Waals surface area contributed by atoms with Crippen LogP contribution < -0.4 is 56.3 Å². The summed E-state index contributed by atoms with van der Waals surface area (Å²) in [6.07, 6.45) is -4.52. The third-order valence-corrected chi connectivity index (χ3v) is 2.84. The molecular formula is C10H13CaN2NaO8. The molecule has 114 valence electrons. The average molecular weight is 352 g/mol. The van der Waals surface area contributed by atoms with E-state index in [1.807, 2.05) is 0 Å². The van der Waals surface area contributed by atoms with Crippen molar-refractivity contribution in [2.45, 2.75) is 36.8 Å². The predicted molar refractivity (Wildman–Crippen MR) is 60.7 cm³/mol. The van der Waals surface area contributed by atoms with Gasteiger partial charge < -0.3 is 46.3 Å². The molecule has 0 radical (unpaired) electrons. The molecule has 0 rings (SSSR count). The Bertz CT molecular complexity index is 373. The third kappa shape index (κ3) is 8.63. The Morgan fingerprint density at radius 2 is 1.00 bits per heavy atom. The first-order valence-electron chi connectivity index (χ1n) is 5.31. The van der Waals surface area contributed by atoms with Gasteiger partial charge in [-0.25, -0.2) is 0 Å². The Labute approximate surface area is 177 Å². The summed E-state index contributed by atoms with van der Waals surface area (Å²) in [7, 11) is 0. The maximum atomic E-state index is 10.7. The zero-order valence-electron chi connectivity index (χ0n) is 12.0. The molecule has 0 aliphatic rings. The van der Waals surface area contributed by atoms with E-state index in [1.54, 1.807) is 0 Å². The molecular weight excluding hydrogens is 339 g/mol. The standard InChI is InChI=1S/C10H16N2O8.Ca.Na/c11-9(1-5(13)14,2-6(15)16)10(12,3-7(17)18)4-8(19)20;;/h1-4,11-12H2,(H,13,14)(H,15,16)(H,17,18)(H,19,20);;/q;+2;+1/p-3. The first-order chi connectivity index (χ1) is 8.92. The maximum absolute atomic E-state index is 10.7. The molecule has 0 fully saturated rings. The molecule has 5 N–H and O–H groups in total. The molecule has 0 spiro atoms. The molecule has 0 aromatic carbocycles. The Kier molecular flexibility index (Phi) is 13.2. The van der Waals surface area contributed by atoms with Gasteiger partial charge in [0.15, 0.2) is 0 Å². The first kappa shape index (κ1) is 26.9. The van der Waals surface area contributed by atoms with Gasteiger partial charge in [-0.2, -0.15) is 0 Å². The van der Waals surface area contributed by atoms with E-state index in [9.17, 15) is 34.5 Å². The van der Waals surface area contributed by atoms with Crippen molar-refractivity contribution in [1.82, 2.24) is 0 Å². The number of carboxylic acid groups (broad SMARTS) is 4. The Morgan fingerprint density at radius 3 is 1.18 bits per heavy atom. The molecule has 1 unspecified atom stereocenters. The molecule has 1 atom stereocenters. The third-order valence-electron chi connectivity index (χ3n) is 2.84. The van der Waals surface area contributed by atoms with E-state index in [2.05, 4.69) is 0 Å². The summed E-state index contributed by atoms with van der Waals surface area (Å²) < 4.78 is 0. The smallest absolute Gasteiger partial charge is 0.550 e. The largest absolute Gasteiger partial charge is 2.00 e. The van der Waals surface area contributed by atoms with Gasteiger partial charge in [-0.05, 0) is 0 Å². The van der Waals surface area contributed by atoms with Crippen LogP contribution in [0, 0.1) is 0 Å². The van der Waals surface area contributed by atoms with Crippen molar-refractivity contribution in [3.05, 3.63) is 0 Å². The van der Waals surface area contributed by atoms with Gasteiger partial charge in [0.2, 0.25) is 0 Å². The van der Waals surface area contributed by atoms with Gasteiger partial charge in [-0.3, -0.25) is 4.79 Å². The van der Waals surface area contributed by atoms with Crippen LogP contribution in [0.25, 0.3) is 0 Å². The quantitative estimate of drug-likeness (QED) is 0.333. The molecule has 0 amide bonds. The number of hydrogen-bond donors (Lipinski definition) is 3. The summed E-state index contributed by atoms with van der Waals surface area (Å²) in [6.45, 7) is 0. The molecule has 0 saturated carbocycles. The Balaban J connectivity index is -0.00000180. The maximum Gasteiger partial charge on any atom is 2.00 e. The van der Waals surface area contributed by atoms with E-state index >= 15 is 0 Å². The molecule has 0 aromatic heterocycles. The van der Waals surface area contributed by atoms with Gasteiger partial charge in [-0.1, -0.05) is 0 Å². The first-order valence-corrected chi connectivity index (χ1v) is 5.31. The van der Waals surface area contributed by atoms with Crippen LogP contribution in [-0.2, 0) is 19.2 Å². The van der Waals surface area contributed by atoms with Crippen LogP contribution in [-0.4, -0.2) is 77.8 Å². The fourth-order valence-corrected chi connectivity index (χ4v) is 1.87. The van der Waals surface area contributed by atoms with Gasteiger partial charge in [0, 0.05) is 42.7 Å². The molecule has 10 nitrogen and oxygen atoms in total. The van der Waals surface area contributed by atoms with E-state index in [-0.39, 0.29) is 67.3 Å². The average Bonchev–Trinajstić information content (AvgIpc) is 2.10. The second-order valence-electron chi connectivity index (χ2n) is 4.53. The fourth-order valence-electron chi connectivity index (χ4n) is 1.87. The van der Waals surface area contributed by atoms with E-state index in [0.717, 1.165) is 0 Å². The zero-order chi connectivity index (χ0) is 16.1. The summed E-state index contributed by atoms with van der Waals surface area (Å²) in [4.78, 5) is 42.7. The minimum atomic E-state index is -2.39. The topological polar surface area (TPSA) is 210 Å². The Morgan fingerprint density at radius 1 is 0.773 bits per heavy atom. The van der Waals surface area contributed by atoms with Gasteiger partial charge >= 0.3 is 73.3 Å². The van der Waals surface area contributed by atoms with E-state index < -0.39 is 60.6 Å². The van der Waals surface area contributed by atoms with Crippen LogP contribution >= 0.6 is 0 Å². The SMILES string of the molecule is NC(CC(=O)[O-])(CC(=O)[O-])C(N)(CC(=O)[O-])CC(=O)O.[Ca+2].[Na+]. The van der Waals surface area contributed by atoms with E-state index in [1.165, 1.54) is 0 Å². The number of aliphatic carboxylic acids is 4. The van der Waals surface area contributed by atoms with E-state index in [4.69, 9.17) is 16.6 Å². The van der Waals surface area contributed by atoms with Gasteiger partial charge in [0.1, 0.15) is 0 Å². The number of carboxylic acids is 4. The number of nitrogens with two attached hydrogens (primary N) is 2. The minimum Gasteiger partial charge on any atom is -0.550 e. The number of hydrogen-bond acceptors (Lipinski definition) is 9.